The Morgan fingerprint density at radius 1 is 1.10 bits per heavy atom. The fourth-order valence-electron chi connectivity index (χ4n) is 3.97. The molecule has 0 radical (unpaired) electrons. The molecule has 4 rings (SSSR count). The van der Waals surface area contributed by atoms with Gasteiger partial charge in [0.15, 0.2) is 0 Å². The van der Waals surface area contributed by atoms with E-state index in [0.29, 0.717) is 38.5 Å². The fourth-order valence-corrected chi connectivity index (χ4v) is 4.47. The molecule has 156 valence electrons. The first kappa shape index (κ1) is 20.9. The summed E-state index contributed by atoms with van der Waals surface area (Å²) in [4.78, 5) is 17.7. The van der Waals surface area contributed by atoms with Gasteiger partial charge >= 0.3 is 0 Å². The lowest BCUT2D eigenvalue weighted by Gasteiger charge is -2.22. The standard InChI is InChI=1S/C23H22Cl2FN3O/c1-14-21(23(30)27-17-5-3-2-4-6-17)28-22(19-12-7-15(24)13-20(19)25)29(14)18-10-8-16(26)9-11-18/h7-13,17H,2-6H2,1H3,(H,27,30). The number of amides is 1. The number of halogens is 3. The smallest absolute Gasteiger partial charge is 0.272 e. The molecule has 0 atom stereocenters. The number of imidazole rings is 1. The van der Waals surface area contributed by atoms with Gasteiger partial charge in [-0.25, -0.2) is 9.37 Å². The van der Waals surface area contributed by atoms with Gasteiger partial charge in [-0.15, -0.1) is 0 Å². The average molecular weight is 446 g/mol. The number of rotatable bonds is 4. The second-order valence-corrected chi connectivity index (χ2v) is 8.46. The molecule has 3 aromatic rings. The van der Waals surface area contributed by atoms with Gasteiger partial charge in [0.25, 0.3) is 5.91 Å². The summed E-state index contributed by atoms with van der Waals surface area (Å²) in [5.74, 6) is -0.0287. The van der Waals surface area contributed by atoms with Crippen LogP contribution in [0.2, 0.25) is 10.0 Å². The van der Waals surface area contributed by atoms with Gasteiger partial charge in [0.05, 0.1) is 10.7 Å². The highest BCUT2D eigenvalue weighted by Gasteiger charge is 2.25. The normalized spacial score (nSPS) is 14.7. The van der Waals surface area contributed by atoms with Gasteiger partial charge in [0.1, 0.15) is 17.3 Å². The van der Waals surface area contributed by atoms with Gasteiger partial charge in [-0.1, -0.05) is 42.5 Å². The molecule has 1 saturated carbocycles. The minimum Gasteiger partial charge on any atom is -0.348 e. The van der Waals surface area contributed by atoms with Crippen LogP contribution >= 0.6 is 23.2 Å². The van der Waals surface area contributed by atoms with Crippen molar-refractivity contribution in [2.75, 3.05) is 0 Å². The van der Waals surface area contributed by atoms with E-state index in [4.69, 9.17) is 23.2 Å². The summed E-state index contributed by atoms with van der Waals surface area (Å²) >= 11 is 12.5. The average Bonchev–Trinajstić information content (AvgIpc) is 3.06. The minimum atomic E-state index is -0.335. The molecule has 4 nitrogen and oxygen atoms in total. The second-order valence-electron chi connectivity index (χ2n) is 7.61. The second kappa shape index (κ2) is 8.78. The molecule has 1 aromatic heterocycles. The van der Waals surface area contributed by atoms with Crippen LogP contribution in [0.1, 0.15) is 48.3 Å². The maximum Gasteiger partial charge on any atom is 0.272 e. The largest absolute Gasteiger partial charge is 0.348 e. The summed E-state index contributed by atoms with van der Waals surface area (Å²) in [5.41, 5.74) is 2.34. The monoisotopic (exact) mass is 445 g/mol. The Bertz CT molecular complexity index is 1070. The van der Waals surface area contributed by atoms with Gasteiger partial charge in [-0.2, -0.15) is 0 Å². The lowest BCUT2D eigenvalue weighted by atomic mass is 9.95. The van der Waals surface area contributed by atoms with Gasteiger partial charge < -0.3 is 5.32 Å². The van der Waals surface area contributed by atoms with Crippen molar-refractivity contribution < 1.29 is 9.18 Å². The number of nitrogens with zero attached hydrogens (tertiary/aromatic N) is 2. The Hall–Kier alpha value is -2.37. The van der Waals surface area contributed by atoms with Crippen molar-refractivity contribution in [3.63, 3.8) is 0 Å². The Morgan fingerprint density at radius 3 is 2.47 bits per heavy atom. The summed E-state index contributed by atoms with van der Waals surface area (Å²) in [6.07, 6.45) is 5.43. The Morgan fingerprint density at radius 2 is 1.80 bits per heavy atom. The van der Waals surface area contributed by atoms with Crippen molar-refractivity contribution in [2.45, 2.75) is 45.1 Å². The third-order valence-electron chi connectivity index (χ3n) is 5.52. The molecule has 1 N–H and O–H groups in total. The van der Waals surface area contributed by atoms with E-state index >= 15 is 0 Å². The van der Waals surface area contributed by atoms with E-state index in [2.05, 4.69) is 10.3 Å². The van der Waals surface area contributed by atoms with Gasteiger partial charge in [-0.3, -0.25) is 9.36 Å². The maximum atomic E-state index is 13.5. The molecule has 1 amide bonds. The maximum absolute atomic E-state index is 13.5. The van der Waals surface area contributed by atoms with E-state index in [1.165, 1.54) is 18.6 Å². The van der Waals surface area contributed by atoms with E-state index < -0.39 is 0 Å². The molecule has 30 heavy (non-hydrogen) atoms. The van der Waals surface area contributed by atoms with E-state index in [1.54, 1.807) is 30.3 Å². The highest BCUT2D eigenvalue weighted by Crippen LogP contribution is 2.33. The van der Waals surface area contributed by atoms with Crippen molar-refractivity contribution in [1.82, 2.24) is 14.9 Å². The molecule has 0 spiro atoms. The molecule has 1 fully saturated rings. The molecule has 1 aliphatic carbocycles. The van der Waals surface area contributed by atoms with E-state index in [-0.39, 0.29) is 17.8 Å². The van der Waals surface area contributed by atoms with Crippen LogP contribution in [-0.2, 0) is 0 Å². The molecule has 1 aliphatic rings. The predicted octanol–water partition coefficient (Wildman–Crippen LogP) is 6.36. The predicted molar refractivity (Wildman–Crippen MR) is 118 cm³/mol. The third-order valence-corrected chi connectivity index (χ3v) is 6.07. The molecular weight excluding hydrogens is 424 g/mol. The van der Waals surface area contributed by atoms with Crippen LogP contribution in [0.25, 0.3) is 17.1 Å². The fraction of sp³-hybridized carbons (Fsp3) is 0.304. The first-order chi connectivity index (χ1) is 14.4. The summed E-state index contributed by atoms with van der Waals surface area (Å²) in [6.45, 7) is 1.83. The quantitative estimate of drug-likeness (QED) is 0.507. The van der Waals surface area contributed by atoms with Crippen LogP contribution in [0.15, 0.2) is 42.5 Å². The SMILES string of the molecule is Cc1c(C(=O)NC2CCCCC2)nc(-c2ccc(Cl)cc2Cl)n1-c1ccc(F)cc1. The van der Waals surface area contributed by atoms with E-state index in [0.717, 1.165) is 25.7 Å². The van der Waals surface area contributed by atoms with Crippen LogP contribution in [0.5, 0.6) is 0 Å². The Labute approximate surface area is 185 Å². The van der Waals surface area contributed by atoms with E-state index in [1.807, 2.05) is 11.5 Å². The number of benzene rings is 2. The summed E-state index contributed by atoms with van der Waals surface area (Å²) in [5, 5.41) is 4.06. The molecule has 0 aliphatic heterocycles. The first-order valence-corrected chi connectivity index (χ1v) is 10.8. The van der Waals surface area contributed by atoms with Gasteiger partial charge in [0.2, 0.25) is 0 Å². The molecule has 7 heteroatoms. The van der Waals surface area contributed by atoms with Crippen LogP contribution in [0, 0.1) is 12.7 Å². The Balaban J connectivity index is 1.80. The molecule has 0 unspecified atom stereocenters. The van der Waals surface area contributed by atoms with Crippen LogP contribution in [-0.4, -0.2) is 21.5 Å². The summed E-state index contributed by atoms with van der Waals surface area (Å²) in [6, 6.07) is 11.4. The van der Waals surface area contributed by atoms with E-state index in [9.17, 15) is 9.18 Å². The molecule has 2 aromatic carbocycles. The third kappa shape index (κ3) is 4.23. The van der Waals surface area contributed by atoms with Gasteiger partial charge in [-0.05, 0) is 62.2 Å². The number of nitrogens with one attached hydrogen (secondary N) is 1. The molecular formula is C23H22Cl2FN3O. The molecule has 0 saturated heterocycles. The lowest BCUT2D eigenvalue weighted by Crippen LogP contribution is -2.36. The Kier molecular flexibility index (Phi) is 6.11. The van der Waals surface area contributed by atoms with Crippen molar-refractivity contribution in [3.05, 3.63) is 69.7 Å². The van der Waals surface area contributed by atoms with Crippen molar-refractivity contribution >= 4 is 29.1 Å². The zero-order chi connectivity index (χ0) is 21.3. The van der Waals surface area contributed by atoms with Crippen molar-refractivity contribution in [1.29, 1.82) is 0 Å². The molecule has 1 heterocycles. The minimum absolute atomic E-state index is 0.171. The molecule has 0 bridgehead atoms. The number of carbonyl (C=O) groups excluding carboxylic acids is 1. The summed E-state index contributed by atoms with van der Waals surface area (Å²) in [7, 11) is 0. The lowest BCUT2D eigenvalue weighted by molar-refractivity contribution is 0.0922. The topological polar surface area (TPSA) is 46.9 Å². The van der Waals surface area contributed by atoms with Crippen LogP contribution in [0.4, 0.5) is 4.39 Å². The zero-order valence-electron chi connectivity index (χ0n) is 16.6. The number of hydrogen-bond acceptors (Lipinski definition) is 2. The number of carbonyl (C=O) groups is 1. The van der Waals surface area contributed by atoms with Crippen molar-refractivity contribution in [2.24, 2.45) is 0 Å². The summed E-state index contributed by atoms with van der Waals surface area (Å²) < 4.78 is 15.3. The number of hydrogen-bond donors (Lipinski definition) is 1. The van der Waals surface area contributed by atoms with Crippen LogP contribution < -0.4 is 5.32 Å². The highest BCUT2D eigenvalue weighted by molar-refractivity contribution is 6.36. The highest BCUT2D eigenvalue weighted by atomic mass is 35.5. The van der Waals surface area contributed by atoms with Crippen LogP contribution in [0.3, 0.4) is 0 Å². The number of aromatic nitrogens is 2. The first-order valence-electron chi connectivity index (χ1n) is 10.1. The van der Waals surface area contributed by atoms with Gasteiger partial charge in [0, 0.05) is 22.3 Å². The van der Waals surface area contributed by atoms with Crippen molar-refractivity contribution in [3.8, 4) is 17.1 Å². The zero-order valence-corrected chi connectivity index (χ0v) is 18.1.